The molecule has 5 rings (SSSR count). The number of rotatable bonds is 5. The SMILES string of the molecule is Fc1ccc(-c2cn(C(c3ccccc3)(c3ccccc3)c3ccccc3)cn2)nc1. The molecule has 0 aliphatic rings. The van der Waals surface area contributed by atoms with Crippen LogP contribution in [0.25, 0.3) is 11.4 Å². The zero-order valence-corrected chi connectivity index (χ0v) is 16.8. The molecule has 0 saturated heterocycles. The molecule has 0 spiro atoms. The molecule has 0 atom stereocenters. The van der Waals surface area contributed by atoms with Crippen molar-refractivity contribution in [3.63, 3.8) is 0 Å². The predicted octanol–water partition coefficient (Wildman–Crippen LogP) is 5.92. The molecule has 0 N–H and O–H groups in total. The van der Waals surface area contributed by atoms with E-state index in [-0.39, 0.29) is 5.82 Å². The molecular formula is C27H20FN3. The zero-order chi connectivity index (χ0) is 21.1. The highest BCUT2D eigenvalue weighted by atomic mass is 19.1. The van der Waals surface area contributed by atoms with Gasteiger partial charge in [0, 0.05) is 6.20 Å². The van der Waals surface area contributed by atoms with Gasteiger partial charge in [0.1, 0.15) is 17.1 Å². The summed E-state index contributed by atoms with van der Waals surface area (Å²) >= 11 is 0. The van der Waals surface area contributed by atoms with Crippen molar-refractivity contribution in [1.82, 2.24) is 14.5 Å². The van der Waals surface area contributed by atoms with Crippen molar-refractivity contribution in [2.45, 2.75) is 5.54 Å². The van der Waals surface area contributed by atoms with Crippen LogP contribution in [0.4, 0.5) is 4.39 Å². The lowest BCUT2D eigenvalue weighted by atomic mass is 9.77. The Morgan fingerprint density at radius 2 is 1.10 bits per heavy atom. The highest BCUT2D eigenvalue weighted by Crippen LogP contribution is 2.41. The second kappa shape index (κ2) is 8.00. The number of benzene rings is 3. The number of imidazole rings is 1. The highest BCUT2D eigenvalue weighted by Gasteiger charge is 2.38. The second-order valence-electron chi connectivity index (χ2n) is 7.34. The molecule has 0 amide bonds. The topological polar surface area (TPSA) is 30.7 Å². The summed E-state index contributed by atoms with van der Waals surface area (Å²) in [5, 5.41) is 0. The maximum atomic E-state index is 13.4. The smallest absolute Gasteiger partial charge is 0.141 e. The van der Waals surface area contributed by atoms with Gasteiger partial charge in [-0.1, -0.05) is 91.0 Å². The number of halogens is 1. The van der Waals surface area contributed by atoms with Crippen LogP contribution < -0.4 is 0 Å². The number of nitrogens with zero attached hydrogens (tertiary/aromatic N) is 3. The number of hydrogen-bond donors (Lipinski definition) is 0. The fraction of sp³-hybridized carbons (Fsp3) is 0.0370. The van der Waals surface area contributed by atoms with Crippen LogP contribution in [0.15, 0.2) is 122 Å². The molecule has 2 heterocycles. The normalized spacial score (nSPS) is 11.4. The van der Waals surface area contributed by atoms with Gasteiger partial charge in [-0.3, -0.25) is 4.98 Å². The monoisotopic (exact) mass is 405 g/mol. The Balaban J connectivity index is 1.80. The van der Waals surface area contributed by atoms with Gasteiger partial charge in [-0.15, -0.1) is 0 Å². The summed E-state index contributed by atoms with van der Waals surface area (Å²) < 4.78 is 15.5. The average molecular weight is 405 g/mol. The van der Waals surface area contributed by atoms with E-state index in [0.717, 1.165) is 16.7 Å². The quantitative estimate of drug-likeness (QED) is 0.340. The summed E-state index contributed by atoms with van der Waals surface area (Å²) in [5.41, 5.74) is 4.03. The van der Waals surface area contributed by atoms with Crippen LogP contribution in [0.1, 0.15) is 16.7 Å². The second-order valence-corrected chi connectivity index (χ2v) is 7.34. The summed E-state index contributed by atoms with van der Waals surface area (Å²) in [4.78, 5) is 8.85. The van der Waals surface area contributed by atoms with Crippen molar-refractivity contribution >= 4 is 0 Å². The minimum Gasteiger partial charge on any atom is -0.318 e. The average Bonchev–Trinajstić information content (AvgIpc) is 3.33. The van der Waals surface area contributed by atoms with E-state index < -0.39 is 5.54 Å². The van der Waals surface area contributed by atoms with Crippen molar-refractivity contribution in [2.75, 3.05) is 0 Å². The molecule has 0 fully saturated rings. The van der Waals surface area contributed by atoms with Crippen LogP contribution in [-0.2, 0) is 5.54 Å². The molecule has 0 aliphatic carbocycles. The van der Waals surface area contributed by atoms with Gasteiger partial charge in [0.05, 0.1) is 18.2 Å². The lowest BCUT2D eigenvalue weighted by Gasteiger charge is -2.37. The lowest BCUT2D eigenvalue weighted by Crippen LogP contribution is -2.36. The van der Waals surface area contributed by atoms with Gasteiger partial charge < -0.3 is 4.57 Å². The standard InChI is InChI=1S/C27H20FN3/c28-24-16-17-25(29-18-24)26-19-31(20-30-26)27(21-10-4-1-5-11-21,22-12-6-2-7-13-22)23-14-8-3-9-15-23/h1-20H. The van der Waals surface area contributed by atoms with E-state index in [0.29, 0.717) is 11.4 Å². The first kappa shape index (κ1) is 18.9. The fourth-order valence-corrected chi connectivity index (χ4v) is 4.15. The maximum absolute atomic E-state index is 13.4. The summed E-state index contributed by atoms with van der Waals surface area (Å²) in [5.74, 6) is -0.365. The molecule has 3 nitrogen and oxygen atoms in total. The number of aromatic nitrogens is 3. The van der Waals surface area contributed by atoms with E-state index in [1.807, 2.05) is 30.7 Å². The minimum absolute atomic E-state index is 0.365. The molecule has 2 aromatic heterocycles. The van der Waals surface area contributed by atoms with Crippen LogP contribution in [-0.4, -0.2) is 14.5 Å². The molecule has 0 radical (unpaired) electrons. The maximum Gasteiger partial charge on any atom is 0.141 e. The molecule has 0 saturated carbocycles. The Morgan fingerprint density at radius 3 is 1.55 bits per heavy atom. The first-order valence-corrected chi connectivity index (χ1v) is 10.1. The number of hydrogen-bond acceptors (Lipinski definition) is 2. The summed E-state index contributed by atoms with van der Waals surface area (Å²) in [6.45, 7) is 0. The van der Waals surface area contributed by atoms with Crippen molar-refractivity contribution in [3.05, 3.63) is 144 Å². The Labute approximate surface area is 180 Å². The Kier molecular flexibility index (Phi) is 4.89. The van der Waals surface area contributed by atoms with E-state index in [4.69, 9.17) is 0 Å². The van der Waals surface area contributed by atoms with E-state index in [1.165, 1.54) is 12.3 Å². The summed E-state index contributed by atoms with van der Waals surface area (Å²) in [6.07, 6.45) is 5.02. The van der Waals surface area contributed by atoms with Crippen molar-refractivity contribution < 1.29 is 4.39 Å². The first-order chi connectivity index (χ1) is 15.3. The van der Waals surface area contributed by atoms with Crippen molar-refractivity contribution in [3.8, 4) is 11.4 Å². The first-order valence-electron chi connectivity index (χ1n) is 10.1. The van der Waals surface area contributed by atoms with Crippen LogP contribution in [0.2, 0.25) is 0 Å². The van der Waals surface area contributed by atoms with Crippen molar-refractivity contribution in [1.29, 1.82) is 0 Å². The van der Waals surface area contributed by atoms with Crippen molar-refractivity contribution in [2.24, 2.45) is 0 Å². The van der Waals surface area contributed by atoms with Gasteiger partial charge in [0.25, 0.3) is 0 Å². The number of pyridine rings is 1. The van der Waals surface area contributed by atoms with Crippen LogP contribution in [0.5, 0.6) is 0 Å². The molecule has 5 aromatic rings. The molecule has 4 heteroatoms. The predicted molar refractivity (Wildman–Crippen MR) is 120 cm³/mol. The molecule has 31 heavy (non-hydrogen) atoms. The summed E-state index contributed by atoms with van der Waals surface area (Å²) in [7, 11) is 0. The van der Waals surface area contributed by atoms with E-state index in [9.17, 15) is 4.39 Å². The Bertz CT molecular complexity index is 1170. The van der Waals surface area contributed by atoms with Gasteiger partial charge in [-0.05, 0) is 28.8 Å². The molecule has 0 bridgehead atoms. The molecule has 0 unspecified atom stereocenters. The van der Waals surface area contributed by atoms with E-state index in [2.05, 4.69) is 87.3 Å². The van der Waals surface area contributed by atoms with Crippen LogP contribution >= 0.6 is 0 Å². The largest absolute Gasteiger partial charge is 0.318 e. The third-order valence-electron chi connectivity index (χ3n) is 5.53. The van der Waals surface area contributed by atoms with Gasteiger partial charge in [0.2, 0.25) is 0 Å². The third kappa shape index (κ3) is 3.32. The van der Waals surface area contributed by atoms with Gasteiger partial charge in [0.15, 0.2) is 0 Å². The highest BCUT2D eigenvalue weighted by molar-refractivity contribution is 5.56. The van der Waals surface area contributed by atoms with Crippen LogP contribution in [0.3, 0.4) is 0 Å². The lowest BCUT2D eigenvalue weighted by molar-refractivity contribution is 0.515. The Morgan fingerprint density at radius 1 is 0.581 bits per heavy atom. The fourth-order valence-electron chi connectivity index (χ4n) is 4.15. The molecule has 3 aromatic carbocycles. The van der Waals surface area contributed by atoms with Gasteiger partial charge >= 0.3 is 0 Å². The Hall–Kier alpha value is -4.05. The molecule has 0 aliphatic heterocycles. The third-order valence-corrected chi connectivity index (χ3v) is 5.53. The summed E-state index contributed by atoms with van der Waals surface area (Å²) in [6, 6.07) is 34.2. The van der Waals surface area contributed by atoms with Gasteiger partial charge in [-0.25, -0.2) is 9.37 Å². The minimum atomic E-state index is -0.630. The zero-order valence-electron chi connectivity index (χ0n) is 16.8. The molecular weight excluding hydrogens is 385 g/mol. The molecule has 150 valence electrons. The van der Waals surface area contributed by atoms with E-state index in [1.54, 1.807) is 6.07 Å². The van der Waals surface area contributed by atoms with Gasteiger partial charge in [-0.2, -0.15) is 0 Å². The van der Waals surface area contributed by atoms with E-state index >= 15 is 0 Å². The van der Waals surface area contributed by atoms with Crippen LogP contribution in [0, 0.1) is 5.82 Å².